The van der Waals surface area contributed by atoms with Crippen molar-refractivity contribution in [1.29, 1.82) is 0 Å². The van der Waals surface area contributed by atoms with Crippen LogP contribution in [-0.4, -0.2) is 30.5 Å². The van der Waals surface area contributed by atoms with E-state index in [0.29, 0.717) is 11.6 Å². The van der Waals surface area contributed by atoms with E-state index in [1.165, 1.54) is 19.2 Å². The quantitative estimate of drug-likeness (QED) is 0.413. The highest BCUT2D eigenvalue weighted by Gasteiger charge is 2.23. The molecule has 0 aromatic heterocycles. The monoisotopic (exact) mass is 220 g/mol. The van der Waals surface area contributed by atoms with Crippen molar-refractivity contribution in [2.45, 2.75) is 25.8 Å². The Hall–Kier alpha value is -1.71. The lowest BCUT2D eigenvalue weighted by Gasteiger charge is -2.02. The Labute approximate surface area is 95.1 Å². The van der Waals surface area contributed by atoms with Crippen LogP contribution < -0.4 is 5.32 Å². The van der Waals surface area contributed by atoms with Crippen LogP contribution in [0.5, 0.6) is 0 Å². The smallest absolute Gasteiger partial charge is 0.253 e. The molecular formula is C12H16N2O2. The Morgan fingerprint density at radius 1 is 1.50 bits per heavy atom. The van der Waals surface area contributed by atoms with Crippen molar-refractivity contribution < 1.29 is 9.59 Å². The maximum absolute atomic E-state index is 11.7. The Balaban J connectivity index is 2.55. The molecule has 1 rings (SSSR count). The van der Waals surface area contributed by atoms with Gasteiger partial charge in [-0.3, -0.25) is 14.6 Å². The van der Waals surface area contributed by atoms with Gasteiger partial charge in [0, 0.05) is 12.3 Å². The molecule has 0 saturated heterocycles. The number of ketones is 1. The summed E-state index contributed by atoms with van der Waals surface area (Å²) in [4.78, 5) is 26.2. The zero-order chi connectivity index (χ0) is 12.0. The lowest BCUT2D eigenvalue weighted by Crippen LogP contribution is -2.27. The number of rotatable bonds is 6. The average Bonchev–Trinajstić information content (AvgIpc) is 2.99. The number of carbonyl (C=O) groups is 2. The highest BCUT2D eigenvalue weighted by atomic mass is 16.1. The van der Waals surface area contributed by atoms with Crippen molar-refractivity contribution in [3.63, 3.8) is 0 Å². The van der Waals surface area contributed by atoms with Crippen LogP contribution >= 0.6 is 0 Å². The van der Waals surface area contributed by atoms with Gasteiger partial charge in [-0.15, -0.1) is 0 Å². The average molecular weight is 220 g/mol. The van der Waals surface area contributed by atoms with Crippen molar-refractivity contribution in [3.05, 3.63) is 24.3 Å². The number of carbonyl (C=O) groups excluding carboxylic acids is 2. The Bertz CT molecular complexity index is 352. The minimum Gasteiger partial charge on any atom is -0.349 e. The van der Waals surface area contributed by atoms with E-state index in [-0.39, 0.29) is 18.2 Å². The molecule has 1 N–H and O–H groups in total. The molecule has 1 amide bonds. The molecule has 0 radical (unpaired) electrons. The van der Waals surface area contributed by atoms with Crippen LogP contribution in [0.1, 0.15) is 19.8 Å². The Kier molecular flexibility index (Phi) is 4.64. The van der Waals surface area contributed by atoms with E-state index < -0.39 is 0 Å². The number of Topliss-reactive ketones (excluding diaryl/α,β-unsaturated/α-hetero) is 1. The van der Waals surface area contributed by atoms with Crippen LogP contribution in [0, 0.1) is 0 Å². The maximum Gasteiger partial charge on any atom is 0.253 e. The predicted octanol–water partition coefficient (Wildman–Crippen LogP) is 1.04. The third-order valence-corrected chi connectivity index (χ3v) is 2.02. The minimum absolute atomic E-state index is 0.0307. The first-order chi connectivity index (χ1) is 7.63. The molecule has 16 heavy (non-hydrogen) atoms. The summed E-state index contributed by atoms with van der Waals surface area (Å²) in [6.07, 6.45) is 6.61. The van der Waals surface area contributed by atoms with Crippen molar-refractivity contribution in [2.24, 2.45) is 4.99 Å². The second-order valence-electron chi connectivity index (χ2n) is 3.78. The zero-order valence-corrected chi connectivity index (χ0v) is 9.40. The first kappa shape index (κ1) is 12.4. The van der Waals surface area contributed by atoms with Crippen LogP contribution in [0.25, 0.3) is 0 Å². The molecule has 1 fully saturated rings. The van der Waals surface area contributed by atoms with Crippen molar-refractivity contribution >= 4 is 17.9 Å². The SMILES string of the molecule is C=C/C=C(\C=NCC(C)=O)C(=O)NC1CC1. The summed E-state index contributed by atoms with van der Waals surface area (Å²) in [6, 6.07) is 0.307. The lowest BCUT2D eigenvalue weighted by atomic mass is 10.2. The van der Waals surface area contributed by atoms with Crippen LogP contribution in [0.4, 0.5) is 0 Å². The van der Waals surface area contributed by atoms with Crippen LogP contribution in [-0.2, 0) is 9.59 Å². The second-order valence-corrected chi connectivity index (χ2v) is 3.78. The minimum atomic E-state index is -0.158. The number of nitrogens with zero attached hydrogens (tertiary/aromatic N) is 1. The van der Waals surface area contributed by atoms with Crippen molar-refractivity contribution in [2.75, 3.05) is 6.54 Å². The molecule has 0 aromatic carbocycles. The predicted molar refractivity (Wildman–Crippen MR) is 63.5 cm³/mol. The molecule has 4 nitrogen and oxygen atoms in total. The molecule has 0 unspecified atom stereocenters. The zero-order valence-electron chi connectivity index (χ0n) is 9.40. The van der Waals surface area contributed by atoms with Gasteiger partial charge in [-0.25, -0.2) is 0 Å². The van der Waals surface area contributed by atoms with E-state index in [0.717, 1.165) is 12.8 Å². The Morgan fingerprint density at radius 2 is 2.19 bits per heavy atom. The third kappa shape index (κ3) is 4.68. The summed E-state index contributed by atoms with van der Waals surface area (Å²) < 4.78 is 0. The van der Waals surface area contributed by atoms with Gasteiger partial charge >= 0.3 is 0 Å². The lowest BCUT2D eigenvalue weighted by molar-refractivity contribution is -0.117. The topological polar surface area (TPSA) is 58.5 Å². The van der Waals surface area contributed by atoms with Gasteiger partial charge < -0.3 is 5.32 Å². The highest BCUT2D eigenvalue weighted by molar-refractivity contribution is 6.12. The number of hydrogen-bond acceptors (Lipinski definition) is 3. The molecule has 0 bridgehead atoms. The van der Waals surface area contributed by atoms with Gasteiger partial charge in [0.2, 0.25) is 0 Å². The van der Waals surface area contributed by atoms with E-state index in [1.807, 2.05) is 0 Å². The summed E-state index contributed by atoms with van der Waals surface area (Å²) in [6.45, 7) is 5.10. The molecule has 86 valence electrons. The van der Waals surface area contributed by atoms with Gasteiger partial charge in [-0.05, 0) is 25.8 Å². The molecule has 0 spiro atoms. The fourth-order valence-corrected chi connectivity index (χ4v) is 1.07. The first-order valence-electron chi connectivity index (χ1n) is 5.26. The standard InChI is InChI=1S/C12H16N2O2/c1-3-4-10(8-13-7-9(2)15)12(16)14-11-5-6-11/h3-4,8,11H,1,5-7H2,2H3,(H,14,16)/b10-4+,13-8?. The number of amides is 1. The van der Waals surface area contributed by atoms with E-state index in [9.17, 15) is 9.59 Å². The summed E-state index contributed by atoms with van der Waals surface area (Å²) >= 11 is 0. The van der Waals surface area contributed by atoms with E-state index in [1.54, 1.807) is 6.08 Å². The van der Waals surface area contributed by atoms with Gasteiger partial charge in [-0.1, -0.05) is 12.7 Å². The normalized spacial score (nSPS) is 16.2. The summed E-state index contributed by atoms with van der Waals surface area (Å²) in [7, 11) is 0. The van der Waals surface area contributed by atoms with E-state index >= 15 is 0 Å². The van der Waals surface area contributed by atoms with Gasteiger partial charge in [0.15, 0.2) is 5.78 Å². The van der Waals surface area contributed by atoms with Gasteiger partial charge in [0.1, 0.15) is 0 Å². The van der Waals surface area contributed by atoms with Gasteiger partial charge in [0.25, 0.3) is 5.91 Å². The molecule has 1 aliphatic carbocycles. The number of aliphatic imine (C=N–C) groups is 1. The highest BCUT2D eigenvalue weighted by Crippen LogP contribution is 2.18. The molecule has 0 aliphatic heterocycles. The number of allylic oxidation sites excluding steroid dienone is 2. The summed E-state index contributed by atoms with van der Waals surface area (Å²) in [5.41, 5.74) is 0.433. The fourth-order valence-electron chi connectivity index (χ4n) is 1.07. The second kappa shape index (κ2) is 6.00. The van der Waals surface area contributed by atoms with E-state index in [4.69, 9.17) is 0 Å². The van der Waals surface area contributed by atoms with E-state index in [2.05, 4.69) is 16.9 Å². The molecule has 1 saturated carbocycles. The largest absolute Gasteiger partial charge is 0.349 e. The van der Waals surface area contributed by atoms with Gasteiger partial charge in [-0.2, -0.15) is 0 Å². The molecule has 1 aliphatic rings. The first-order valence-corrected chi connectivity index (χ1v) is 5.26. The number of hydrogen-bond donors (Lipinski definition) is 1. The number of nitrogens with one attached hydrogen (secondary N) is 1. The van der Waals surface area contributed by atoms with Gasteiger partial charge in [0.05, 0.1) is 12.1 Å². The molecule has 4 heteroatoms. The molecular weight excluding hydrogens is 204 g/mol. The summed E-state index contributed by atoms with van der Waals surface area (Å²) in [5.74, 6) is -0.188. The Morgan fingerprint density at radius 3 is 2.69 bits per heavy atom. The molecule has 0 heterocycles. The third-order valence-electron chi connectivity index (χ3n) is 2.02. The van der Waals surface area contributed by atoms with Crippen molar-refractivity contribution in [3.8, 4) is 0 Å². The van der Waals surface area contributed by atoms with Crippen LogP contribution in [0.15, 0.2) is 29.3 Å². The molecule has 0 aromatic rings. The fraction of sp³-hybridized carbons (Fsp3) is 0.417. The van der Waals surface area contributed by atoms with Crippen LogP contribution in [0.2, 0.25) is 0 Å². The summed E-state index contributed by atoms with van der Waals surface area (Å²) in [5, 5.41) is 2.85. The van der Waals surface area contributed by atoms with Crippen molar-refractivity contribution in [1.82, 2.24) is 5.32 Å². The van der Waals surface area contributed by atoms with Crippen LogP contribution in [0.3, 0.4) is 0 Å². The maximum atomic E-state index is 11.7. The molecule has 0 atom stereocenters.